The molecule has 6 nitrogen and oxygen atoms in total. The summed E-state index contributed by atoms with van der Waals surface area (Å²) in [7, 11) is 0. The Morgan fingerprint density at radius 3 is 2.43 bits per heavy atom. The maximum atomic E-state index is 12.6. The van der Waals surface area contributed by atoms with E-state index < -0.39 is 0 Å². The Balaban J connectivity index is 1.36. The number of nitrogens with zero attached hydrogens (tertiary/aromatic N) is 1. The summed E-state index contributed by atoms with van der Waals surface area (Å²) in [6, 6.07) is 8.03. The van der Waals surface area contributed by atoms with Gasteiger partial charge in [-0.3, -0.25) is 14.5 Å². The first kappa shape index (κ1) is 22.9. The number of carbonyl (C=O) groups excluding carboxylic acids is 2. The summed E-state index contributed by atoms with van der Waals surface area (Å²) < 4.78 is 16.5. The second-order valence-corrected chi connectivity index (χ2v) is 8.23. The first-order chi connectivity index (χ1) is 14.6. The number of ketones is 1. The molecule has 1 aromatic rings. The zero-order valence-corrected chi connectivity index (χ0v) is 18.2. The lowest BCUT2D eigenvalue weighted by Crippen LogP contribution is -2.44. The van der Waals surface area contributed by atoms with Gasteiger partial charge >= 0.3 is 5.97 Å². The second kappa shape index (κ2) is 11.6. The Morgan fingerprint density at radius 1 is 1.03 bits per heavy atom. The minimum absolute atomic E-state index is 0.127. The van der Waals surface area contributed by atoms with Crippen LogP contribution in [0.15, 0.2) is 24.3 Å². The molecule has 1 aromatic carbocycles. The predicted octanol–water partition coefficient (Wildman–Crippen LogP) is 4.11. The number of Topliss-reactive ketones (excluding diaryl/α,β-unsaturated/α-hetero) is 1. The van der Waals surface area contributed by atoms with E-state index in [-0.39, 0.29) is 17.5 Å². The lowest BCUT2D eigenvalue weighted by molar-refractivity contribution is -0.185. The van der Waals surface area contributed by atoms with Crippen LogP contribution in [-0.4, -0.2) is 55.3 Å². The van der Waals surface area contributed by atoms with Crippen molar-refractivity contribution in [3.05, 3.63) is 35.4 Å². The molecule has 166 valence electrons. The number of benzene rings is 1. The average molecular weight is 418 g/mol. The summed E-state index contributed by atoms with van der Waals surface area (Å²) in [5.74, 6) is -0.268. The number of esters is 1. The number of hydrogen-bond acceptors (Lipinski definition) is 6. The van der Waals surface area contributed by atoms with Crippen molar-refractivity contribution in [1.82, 2.24) is 4.90 Å². The molecule has 0 bridgehead atoms. The highest BCUT2D eigenvalue weighted by Gasteiger charge is 2.39. The summed E-state index contributed by atoms with van der Waals surface area (Å²) in [6.07, 6.45) is 6.45. The fourth-order valence-corrected chi connectivity index (χ4v) is 4.22. The van der Waals surface area contributed by atoms with Crippen molar-refractivity contribution < 1.29 is 23.8 Å². The van der Waals surface area contributed by atoms with Gasteiger partial charge in [-0.05, 0) is 31.4 Å². The number of unbranched alkanes of at least 4 members (excludes halogenated alkanes) is 3. The molecule has 1 spiro atoms. The van der Waals surface area contributed by atoms with Gasteiger partial charge in [0.2, 0.25) is 0 Å². The molecule has 0 aliphatic carbocycles. The topological polar surface area (TPSA) is 65.1 Å². The Morgan fingerprint density at radius 2 is 1.73 bits per heavy atom. The number of likely N-dealkylation sites (tertiary alicyclic amines) is 1. The Labute approximate surface area is 179 Å². The minimum Gasteiger partial charge on any atom is -0.466 e. The van der Waals surface area contributed by atoms with Gasteiger partial charge in [-0.25, -0.2) is 0 Å². The van der Waals surface area contributed by atoms with Crippen LogP contribution in [0, 0.1) is 0 Å². The Kier molecular flexibility index (Phi) is 8.85. The Bertz CT molecular complexity index is 689. The fraction of sp³-hybridized carbons (Fsp3) is 0.667. The molecular weight excluding hydrogens is 382 g/mol. The maximum absolute atomic E-state index is 12.6. The zero-order valence-electron chi connectivity index (χ0n) is 18.2. The summed E-state index contributed by atoms with van der Waals surface area (Å²) in [5, 5.41) is 0. The van der Waals surface area contributed by atoms with Gasteiger partial charge in [0.15, 0.2) is 11.6 Å². The van der Waals surface area contributed by atoms with Crippen LogP contribution in [0.3, 0.4) is 0 Å². The summed E-state index contributed by atoms with van der Waals surface area (Å²) >= 11 is 0. The van der Waals surface area contributed by atoms with Crippen LogP contribution in [-0.2, 0) is 25.5 Å². The minimum atomic E-state index is -0.343. The van der Waals surface area contributed by atoms with Crippen LogP contribution in [0.4, 0.5) is 0 Å². The first-order valence-corrected chi connectivity index (χ1v) is 11.4. The number of carbonyl (C=O) groups is 2. The van der Waals surface area contributed by atoms with Crippen molar-refractivity contribution in [2.45, 2.75) is 70.6 Å². The van der Waals surface area contributed by atoms with Crippen LogP contribution >= 0.6 is 0 Å². The van der Waals surface area contributed by atoms with E-state index in [4.69, 9.17) is 14.2 Å². The maximum Gasteiger partial charge on any atom is 0.305 e. The summed E-state index contributed by atoms with van der Waals surface area (Å²) in [5.41, 5.74) is 1.98. The first-order valence-electron chi connectivity index (χ1n) is 11.4. The lowest BCUT2D eigenvalue weighted by atomic mass is 10.0. The van der Waals surface area contributed by atoms with E-state index in [1.807, 2.05) is 25.1 Å². The molecule has 0 N–H and O–H groups in total. The Hall–Kier alpha value is -1.76. The van der Waals surface area contributed by atoms with Crippen molar-refractivity contribution in [2.75, 3.05) is 32.9 Å². The molecule has 2 saturated heterocycles. The monoisotopic (exact) mass is 417 g/mol. The molecule has 2 fully saturated rings. The number of piperidine rings is 1. The normalized spacial score (nSPS) is 18.6. The molecule has 2 heterocycles. The highest BCUT2D eigenvalue weighted by Crippen LogP contribution is 2.31. The number of ether oxygens (including phenoxy) is 3. The third-order valence-electron chi connectivity index (χ3n) is 5.93. The molecule has 3 rings (SSSR count). The van der Waals surface area contributed by atoms with E-state index in [2.05, 4.69) is 11.0 Å². The van der Waals surface area contributed by atoms with Crippen LogP contribution in [0.5, 0.6) is 0 Å². The number of rotatable bonds is 11. The summed E-state index contributed by atoms with van der Waals surface area (Å²) in [6.45, 7) is 6.42. The van der Waals surface area contributed by atoms with Gasteiger partial charge in [0.1, 0.15) is 0 Å². The van der Waals surface area contributed by atoms with Crippen LogP contribution in [0.1, 0.15) is 74.2 Å². The number of hydrogen-bond donors (Lipinski definition) is 0. The van der Waals surface area contributed by atoms with Gasteiger partial charge in [-0.15, -0.1) is 0 Å². The molecule has 30 heavy (non-hydrogen) atoms. The quantitative estimate of drug-likeness (QED) is 0.307. The van der Waals surface area contributed by atoms with Crippen molar-refractivity contribution in [3.63, 3.8) is 0 Å². The summed E-state index contributed by atoms with van der Waals surface area (Å²) in [4.78, 5) is 26.3. The van der Waals surface area contributed by atoms with E-state index in [1.165, 1.54) is 5.56 Å². The third-order valence-corrected chi connectivity index (χ3v) is 5.93. The highest BCUT2D eigenvalue weighted by molar-refractivity contribution is 5.96. The third kappa shape index (κ3) is 6.89. The standard InChI is InChI=1S/C24H35NO5/c1-2-28-23(27)11-6-4-3-5-10-22(26)21-9-7-8-20(18-21)19-25-14-12-24(13-15-25)29-16-17-30-24/h7-9,18H,2-6,10-17,19H2,1H3. The van der Waals surface area contributed by atoms with E-state index in [9.17, 15) is 9.59 Å². The lowest BCUT2D eigenvalue weighted by Gasteiger charge is -2.37. The van der Waals surface area contributed by atoms with Crippen LogP contribution in [0.25, 0.3) is 0 Å². The molecular formula is C24H35NO5. The van der Waals surface area contributed by atoms with Crippen molar-refractivity contribution in [2.24, 2.45) is 0 Å². The van der Waals surface area contributed by atoms with Gasteiger partial charge in [0.25, 0.3) is 0 Å². The van der Waals surface area contributed by atoms with E-state index in [0.29, 0.717) is 32.7 Å². The zero-order chi connectivity index (χ0) is 21.2. The van der Waals surface area contributed by atoms with Crippen molar-refractivity contribution >= 4 is 11.8 Å². The fourth-order valence-electron chi connectivity index (χ4n) is 4.22. The SMILES string of the molecule is CCOC(=O)CCCCCCC(=O)c1cccc(CN2CCC3(CC2)OCCO3)c1. The smallest absolute Gasteiger partial charge is 0.305 e. The second-order valence-electron chi connectivity index (χ2n) is 8.23. The van der Waals surface area contributed by atoms with Gasteiger partial charge in [0.05, 0.1) is 19.8 Å². The van der Waals surface area contributed by atoms with E-state index in [0.717, 1.165) is 63.7 Å². The van der Waals surface area contributed by atoms with Crippen molar-refractivity contribution in [1.29, 1.82) is 0 Å². The molecule has 2 aliphatic rings. The van der Waals surface area contributed by atoms with Gasteiger partial charge in [-0.2, -0.15) is 0 Å². The molecule has 0 amide bonds. The molecule has 0 atom stereocenters. The van der Waals surface area contributed by atoms with Crippen LogP contribution in [0.2, 0.25) is 0 Å². The van der Waals surface area contributed by atoms with Gasteiger partial charge in [0, 0.05) is 50.9 Å². The van der Waals surface area contributed by atoms with Crippen molar-refractivity contribution in [3.8, 4) is 0 Å². The van der Waals surface area contributed by atoms with Gasteiger partial charge in [-0.1, -0.05) is 31.0 Å². The molecule has 2 aliphatic heterocycles. The van der Waals surface area contributed by atoms with Gasteiger partial charge < -0.3 is 14.2 Å². The largest absolute Gasteiger partial charge is 0.466 e. The van der Waals surface area contributed by atoms with E-state index >= 15 is 0 Å². The molecule has 0 unspecified atom stereocenters. The molecule has 0 aromatic heterocycles. The predicted molar refractivity (Wildman–Crippen MR) is 114 cm³/mol. The average Bonchev–Trinajstić information content (AvgIpc) is 3.21. The highest BCUT2D eigenvalue weighted by atomic mass is 16.7. The van der Waals surface area contributed by atoms with Crippen LogP contribution < -0.4 is 0 Å². The molecule has 6 heteroatoms. The molecule has 0 saturated carbocycles. The molecule has 0 radical (unpaired) electrons. The van der Waals surface area contributed by atoms with E-state index in [1.54, 1.807) is 0 Å².